The highest BCUT2D eigenvalue weighted by Crippen LogP contribution is 2.13. The molecule has 0 aliphatic carbocycles. The van der Waals surface area contributed by atoms with Gasteiger partial charge in [-0.05, 0) is 93.7 Å². The molecule has 0 saturated heterocycles. The Kier molecular flexibility index (Phi) is 7.59. The lowest BCUT2D eigenvalue weighted by atomic mass is 10.3. The van der Waals surface area contributed by atoms with E-state index in [2.05, 4.69) is 50.0 Å². The molecule has 0 unspecified atom stereocenters. The first kappa shape index (κ1) is 16.0. The third-order valence-corrected chi connectivity index (χ3v) is 3.37. The molecule has 0 aromatic heterocycles. The second kappa shape index (κ2) is 8.98. The van der Waals surface area contributed by atoms with Gasteiger partial charge >= 0.3 is 6.73 Å². The number of nitrogens with zero attached hydrogens (tertiary/aromatic N) is 1. The highest BCUT2D eigenvalue weighted by Gasteiger charge is 1.92. The first-order valence-corrected chi connectivity index (χ1v) is 7.43. The van der Waals surface area contributed by atoms with Crippen molar-refractivity contribution in [2.45, 2.75) is 0 Å². The average Bonchev–Trinajstić information content (AvgIpc) is 2.42. The molecular weight excluding hydrogens is 468 g/mol. The van der Waals surface area contributed by atoms with Gasteiger partial charge in [-0.2, -0.15) is 0 Å². The molecular formula is C14H11I2NO2. The minimum Gasteiger partial charge on any atom is -0.508 e. The second-order valence-corrected chi connectivity index (χ2v) is 5.85. The average molecular weight is 479 g/mol. The SMILES string of the molecule is Oc1ccc(I)cc1.[C-]#[N+]COc1ccc(I)cc1. The van der Waals surface area contributed by atoms with Crippen LogP contribution in [0.4, 0.5) is 0 Å². The topological polar surface area (TPSA) is 33.8 Å². The first-order valence-electron chi connectivity index (χ1n) is 5.28. The van der Waals surface area contributed by atoms with Crippen molar-refractivity contribution >= 4 is 45.2 Å². The summed E-state index contributed by atoms with van der Waals surface area (Å²) in [5.74, 6) is 1.08. The number of hydrogen-bond donors (Lipinski definition) is 1. The van der Waals surface area contributed by atoms with Crippen molar-refractivity contribution in [2.24, 2.45) is 0 Å². The van der Waals surface area contributed by atoms with E-state index in [4.69, 9.17) is 16.4 Å². The van der Waals surface area contributed by atoms with Crippen LogP contribution in [0.2, 0.25) is 0 Å². The molecule has 0 amide bonds. The lowest BCUT2D eigenvalue weighted by Gasteiger charge is -1.97. The number of hydrogen-bond acceptors (Lipinski definition) is 2. The molecule has 0 spiro atoms. The van der Waals surface area contributed by atoms with Crippen LogP contribution in [0, 0.1) is 13.7 Å². The Labute approximate surface area is 139 Å². The molecule has 1 N–H and O–H groups in total. The summed E-state index contributed by atoms with van der Waals surface area (Å²) in [7, 11) is 0. The molecule has 0 saturated carbocycles. The summed E-state index contributed by atoms with van der Waals surface area (Å²) >= 11 is 4.40. The fraction of sp³-hybridized carbons (Fsp3) is 0.0714. The maximum atomic E-state index is 8.75. The van der Waals surface area contributed by atoms with Crippen LogP contribution in [0.25, 0.3) is 4.85 Å². The Balaban J connectivity index is 0.000000200. The standard InChI is InChI=1S/C8H6INO.C6H5IO/c1-10-6-11-8-4-2-7(9)3-5-8;7-5-1-3-6(8)4-2-5/h2-5H,6H2;1-4,8H. The van der Waals surface area contributed by atoms with Gasteiger partial charge in [-0.3, -0.25) is 4.85 Å². The van der Waals surface area contributed by atoms with Gasteiger partial charge in [0.1, 0.15) is 11.5 Å². The molecule has 0 atom stereocenters. The van der Waals surface area contributed by atoms with E-state index in [9.17, 15) is 0 Å². The zero-order valence-electron chi connectivity index (χ0n) is 9.88. The zero-order chi connectivity index (χ0) is 14.1. The van der Waals surface area contributed by atoms with Crippen molar-refractivity contribution < 1.29 is 9.84 Å². The Morgan fingerprint density at radius 1 is 0.947 bits per heavy atom. The van der Waals surface area contributed by atoms with E-state index in [1.54, 1.807) is 12.1 Å². The van der Waals surface area contributed by atoms with Crippen molar-refractivity contribution in [1.82, 2.24) is 0 Å². The van der Waals surface area contributed by atoms with Gasteiger partial charge in [0.25, 0.3) is 0 Å². The quantitative estimate of drug-likeness (QED) is 0.507. The van der Waals surface area contributed by atoms with Crippen molar-refractivity contribution in [3.63, 3.8) is 0 Å². The molecule has 98 valence electrons. The van der Waals surface area contributed by atoms with E-state index in [1.807, 2.05) is 36.4 Å². The molecule has 2 aromatic carbocycles. The van der Waals surface area contributed by atoms with Crippen LogP contribution in [0.15, 0.2) is 48.5 Å². The highest BCUT2D eigenvalue weighted by atomic mass is 127. The Bertz CT molecular complexity index is 512. The van der Waals surface area contributed by atoms with Gasteiger partial charge in [-0.1, -0.05) is 0 Å². The molecule has 0 fully saturated rings. The smallest absolute Gasteiger partial charge is 0.357 e. The summed E-state index contributed by atoms with van der Waals surface area (Å²) < 4.78 is 7.36. The van der Waals surface area contributed by atoms with Gasteiger partial charge in [-0.25, -0.2) is 6.57 Å². The summed E-state index contributed by atoms with van der Waals surface area (Å²) in [5, 5.41) is 8.75. The molecule has 3 nitrogen and oxygen atoms in total. The maximum absolute atomic E-state index is 8.75. The fourth-order valence-corrected chi connectivity index (χ4v) is 1.80. The fourth-order valence-electron chi connectivity index (χ4n) is 1.08. The van der Waals surface area contributed by atoms with Crippen LogP contribution in [0.5, 0.6) is 11.5 Å². The van der Waals surface area contributed by atoms with Crippen molar-refractivity contribution in [1.29, 1.82) is 0 Å². The predicted molar refractivity (Wildman–Crippen MR) is 92.1 cm³/mol. The van der Waals surface area contributed by atoms with E-state index >= 15 is 0 Å². The lowest BCUT2D eigenvalue weighted by molar-refractivity contribution is 0.361. The molecule has 0 radical (unpaired) electrons. The number of benzene rings is 2. The highest BCUT2D eigenvalue weighted by molar-refractivity contribution is 14.1. The van der Waals surface area contributed by atoms with E-state index in [0.29, 0.717) is 5.75 Å². The third-order valence-electron chi connectivity index (χ3n) is 1.94. The Morgan fingerprint density at radius 3 is 1.84 bits per heavy atom. The van der Waals surface area contributed by atoms with Crippen molar-refractivity contribution in [3.8, 4) is 11.5 Å². The van der Waals surface area contributed by atoms with Crippen LogP contribution in [0.1, 0.15) is 0 Å². The Hall–Kier alpha value is -1.01. The summed E-state index contributed by atoms with van der Waals surface area (Å²) in [4.78, 5) is 3.08. The Morgan fingerprint density at radius 2 is 1.42 bits per heavy atom. The minimum absolute atomic E-state index is 0.0978. The van der Waals surface area contributed by atoms with Crippen LogP contribution >= 0.6 is 45.2 Å². The molecule has 2 aromatic rings. The van der Waals surface area contributed by atoms with Crippen molar-refractivity contribution in [3.05, 3.63) is 67.1 Å². The number of halogens is 2. The van der Waals surface area contributed by atoms with E-state index in [1.165, 1.54) is 0 Å². The van der Waals surface area contributed by atoms with Gasteiger partial charge in [0.15, 0.2) is 0 Å². The first-order chi connectivity index (χ1) is 9.11. The molecule has 0 aliphatic rings. The second-order valence-electron chi connectivity index (χ2n) is 3.36. The van der Waals surface area contributed by atoms with Crippen LogP contribution < -0.4 is 4.74 Å². The van der Waals surface area contributed by atoms with Crippen LogP contribution in [-0.2, 0) is 0 Å². The number of rotatable bonds is 2. The maximum Gasteiger partial charge on any atom is 0.357 e. The molecule has 19 heavy (non-hydrogen) atoms. The molecule has 2 rings (SSSR count). The van der Waals surface area contributed by atoms with Crippen molar-refractivity contribution in [2.75, 3.05) is 6.73 Å². The molecule has 5 heteroatoms. The summed E-state index contributed by atoms with van der Waals surface area (Å²) in [6.45, 7) is 6.59. The minimum atomic E-state index is 0.0978. The summed E-state index contributed by atoms with van der Waals surface area (Å²) in [5.41, 5.74) is 0. The van der Waals surface area contributed by atoms with Crippen LogP contribution in [-0.4, -0.2) is 11.8 Å². The molecule has 0 heterocycles. The third kappa shape index (κ3) is 7.22. The normalized spacial score (nSPS) is 8.89. The predicted octanol–water partition coefficient (Wildman–Crippen LogP) is 4.54. The molecule has 0 bridgehead atoms. The molecule has 0 aliphatic heterocycles. The van der Waals surface area contributed by atoms with Crippen LogP contribution in [0.3, 0.4) is 0 Å². The van der Waals surface area contributed by atoms with E-state index in [0.717, 1.165) is 12.9 Å². The van der Waals surface area contributed by atoms with Gasteiger partial charge < -0.3 is 9.84 Å². The van der Waals surface area contributed by atoms with Gasteiger partial charge in [0, 0.05) is 7.14 Å². The van der Waals surface area contributed by atoms with Gasteiger partial charge in [-0.15, -0.1) is 0 Å². The largest absolute Gasteiger partial charge is 0.508 e. The monoisotopic (exact) mass is 479 g/mol. The number of phenolic OH excluding ortho intramolecular Hbond substituents is 1. The zero-order valence-corrected chi connectivity index (χ0v) is 14.2. The van der Waals surface area contributed by atoms with E-state index in [-0.39, 0.29) is 6.73 Å². The lowest BCUT2D eigenvalue weighted by Crippen LogP contribution is -1.90. The summed E-state index contributed by atoms with van der Waals surface area (Å²) in [6, 6.07) is 14.6. The number of ether oxygens (including phenoxy) is 1. The van der Waals surface area contributed by atoms with E-state index < -0.39 is 0 Å². The number of phenols is 1. The summed E-state index contributed by atoms with van der Waals surface area (Å²) in [6.07, 6.45) is 0. The van der Waals surface area contributed by atoms with Gasteiger partial charge in [0.2, 0.25) is 0 Å². The number of aromatic hydroxyl groups is 1. The van der Waals surface area contributed by atoms with Gasteiger partial charge in [0.05, 0.1) is 0 Å².